The number of quaternary nitrogens is 1. The molecule has 0 amide bonds. The highest BCUT2D eigenvalue weighted by Crippen LogP contribution is 2.09. The minimum Gasteiger partial charge on any atom is -0.549 e. The van der Waals surface area contributed by atoms with E-state index in [1.807, 2.05) is 0 Å². The molecule has 0 aliphatic rings. The summed E-state index contributed by atoms with van der Waals surface area (Å²) in [6.45, 7) is 3.40. The lowest BCUT2D eigenvalue weighted by atomic mass is 10.1. The first kappa shape index (κ1) is 22.6. The molecule has 0 spiro atoms. The van der Waals surface area contributed by atoms with E-state index in [9.17, 15) is 18.3 Å². The number of hydrogen-bond acceptors (Lipinski definition) is 4. The summed E-state index contributed by atoms with van der Waals surface area (Å²) >= 11 is 0. The molecule has 0 bridgehead atoms. The highest BCUT2D eigenvalue weighted by molar-refractivity contribution is 7.86. The Morgan fingerprint density at radius 2 is 1.33 bits per heavy atom. The van der Waals surface area contributed by atoms with E-state index in [-0.39, 0.29) is 0 Å². The molecule has 0 aliphatic heterocycles. The second kappa shape index (κ2) is 15.7. The van der Waals surface area contributed by atoms with Gasteiger partial charge in [0.1, 0.15) is 5.75 Å². The van der Waals surface area contributed by atoms with Crippen LogP contribution >= 0.6 is 0 Å². The molecule has 4 N–H and O–H groups in total. The SMILES string of the molecule is CCCCCCCCCCCC[NH3+].O=C([O-])CS(=O)(=O)O. The topological polar surface area (TPSA) is 122 Å². The first-order chi connectivity index (χ1) is 9.83. The second-order valence-electron chi connectivity index (χ2n) is 5.13. The van der Waals surface area contributed by atoms with Crippen LogP contribution in [0.5, 0.6) is 0 Å². The van der Waals surface area contributed by atoms with Gasteiger partial charge in [-0.1, -0.05) is 58.3 Å². The minimum atomic E-state index is -4.39. The smallest absolute Gasteiger partial charge is 0.270 e. The van der Waals surface area contributed by atoms with Gasteiger partial charge in [-0.15, -0.1) is 0 Å². The molecule has 21 heavy (non-hydrogen) atoms. The summed E-state index contributed by atoms with van der Waals surface area (Å²) in [4.78, 5) is 9.36. The number of carbonyl (C=O) groups is 1. The fourth-order valence-electron chi connectivity index (χ4n) is 1.81. The Morgan fingerprint density at radius 1 is 0.952 bits per heavy atom. The van der Waals surface area contributed by atoms with Crippen LogP contribution in [0.3, 0.4) is 0 Å². The van der Waals surface area contributed by atoms with Gasteiger partial charge in [0.2, 0.25) is 0 Å². The third-order valence-electron chi connectivity index (χ3n) is 2.90. The van der Waals surface area contributed by atoms with Crippen molar-refractivity contribution in [2.24, 2.45) is 0 Å². The number of unbranched alkanes of at least 4 members (excludes halogenated alkanes) is 9. The predicted molar refractivity (Wildman–Crippen MR) is 81.0 cm³/mol. The van der Waals surface area contributed by atoms with Crippen molar-refractivity contribution in [3.63, 3.8) is 0 Å². The Bertz CT molecular complexity index is 320. The lowest BCUT2D eigenvalue weighted by molar-refractivity contribution is -0.368. The summed E-state index contributed by atoms with van der Waals surface area (Å²) in [5, 5.41) is 9.36. The summed E-state index contributed by atoms with van der Waals surface area (Å²) in [7, 11) is -4.39. The molecule has 0 radical (unpaired) electrons. The standard InChI is InChI=1S/C12H27N.C2H4O5S/c1-2-3-4-5-6-7-8-9-10-11-12-13;3-2(4)1-8(5,6)7/h2-13H2,1H3;1H2,(H,3,4)(H,5,6,7). The van der Waals surface area contributed by atoms with Gasteiger partial charge in [-0.2, -0.15) is 8.42 Å². The molecule has 0 saturated carbocycles. The van der Waals surface area contributed by atoms with Crippen LogP contribution in [0.15, 0.2) is 0 Å². The van der Waals surface area contributed by atoms with Crippen LogP contribution in [-0.2, 0) is 14.9 Å². The van der Waals surface area contributed by atoms with Crippen molar-refractivity contribution < 1.29 is 28.6 Å². The summed E-state index contributed by atoms with van der Waals surface area (Å²) in [6, 6.07) is 0. The van der Waals surface area contributed by atoms with E-state index in [1.54, 1.807) is 0 Å². The minimum absolute atomic E-state index is 1.12. The van der Waals surface area contributed by atoms with Crippen molar-refractivity contribution in [1.29, 1.82) is 0 Å². The molecule has 0 aliphatic carbocycles. The number of carbonyl (C=O) groups excluding carboxylic acids is 1. The van der Waals surface area contributed by atoms with E-state index >= 15 is 0 Å². The maximum Gasteiger partial charge on any atom is 0.270 e. The van der Waals surface area contributed by atoms with Gasteiger partial charge in [0.15, 0.2) is 0 Å². The lowest BCUT2D eigenvalue weighted by Gasteiger charge is -2.00. The average Bonchev–Trinajstić information content (AvgIpc) is 2.35. The van der Waals surface area contributed by atoms with E-state index in [0.717, 1.165) is 6.54 Å². The zero-order valence-electron chi connectivity index (χ0n) is 13.2. The highest BCUT2D eigenvalue weighted by Gasteiger charge is 2.02. The van der Waals surface area contributed by atoms with Gasteiger partial charge in [0, 0.05) is 0 Å². The maximum atomic E-state index is 9.58. The Morgan fingerprint density at radius 3 is 1.57 bits per heavy atom. The molecule has 0 aromatic heterocycles. The van der Waals surface area contributed by atoms with Crippen LogP contribution in [0.4, 0.5) is 0 Å². The zero-order chi connectivity index (χ0) is 16.6. The monoisotopic (exact) mass is 325 g/mol. The maximum absolute atomic E-state index is 9.58. The Kier molecular flexibility index (Phi) is 16.9. The van der Waals surface area contributed by atoms with Gasteiger partial charge in [-0.05, 0) is 12.8 Å². The molecule has 0 rings (SSSR count). The molecule has 0 aromatic carbocycles. The van der Waals surface area contributed by atoms with Gasteiger partial charge in [0.25, 0.3) is 10.1 Å². The molecular formula is C14H31NO5S. The number of carboxylic acids is 1. The van der Waals surface area contributed by atoms with E-state index in [0.29, 0.717) is 0 Å². The van der Waals surface area contributed by atoms with Crippen LogP contribution in [0.1, 0.15) is 71.1 Å². The molecular weight excluding hydrogens is 294 g/mol. The first-order valence-corrected chi connectivity index (χ1v) is 9.38. The van der Waals surface area contributed by atoms with E-state index in [2.05, 4.69) is 12.7 Å². The molecule has 0 aromatic rings. The van der Waals surface area contributed by atoms with Crippen molar-refractivity contribution in [1.82, 2.24) is 0 Å². The van der Waals surface area contributed by atoms with Gasteiger partial charge in [-0.3, -0.25) is 4.55 Å². The fourth-order valence-corrected chi connectivity index (χ4v) is 2.11. The summed E-state index contributed by atoms with van der Waals surface area (Å²) in [5.41, 5.74) is 3.85. The normalized spacial score (nSPS) is 10.8. The molecule has 0 atom stereocenters. The van der Waals surface area contributed by atoms with Gasteiger partial charge in [0.05, 0.1) is 12.5 Å². The lowest BCUT2D eigenvalue weighted by Crippen LogP contribution is -2.50. The largest absolute Gasteiger partial charge is 0.549 e. The zero-order valence-corrected chi connectivity index (χ0v) is 14.0. The summed E-state index contributed by atoms with van der Waals surface area (Å²) in [6.07, 6.45) is 14.2. The number of rotatable bonds is 12. The molecule has 0 fully saturated rings. The van der Waals surface area contributed by atoms with Crippen molar-refractivity contribution >= 4 is 16.1 Å². The third-order valence-corrected chi connectivity index (χ3v) is 3.50. The molecule has 7 heteroatoms. The number of carboxylic acid groups (broad SMARTS) is 1. The van der Waals surface area contributed by atoms with E-state index in [4.69, 9.17) is 4.55 Å². The van der Waals surface area contributed by atoms with E-state index in [1.165, 1.54) is 64.2 Å². The second-order valence-corrected chi connectivity index (χ2v) is 6.59. The average molecular weight is 325 g/mol. The molecule has 0 unspecified atom stereocenters. The fraction of sp³-hybridized carbons (Fsp3) is 0.929. The van der Waals surface area contributed by atoms with Crippen LogP contribution in [0, 0.1) is 0 Å². The van der Waals surface area contributed by atoms with Gasteiger partial charge < -0.3 is 15.6 Å². The summed E-state index contributed by atoms with van der Waals surface area (Å²) in [5.74, 6) is -3.15. The van der Waals surface area contributed by atoms with Gasteiger partial charge in [-0.25, -0.2) is 0 Å². The van der Waals surface area contributed by atoms with Crippen molar-refractivity contribution in [3.8, 4) is 0 Å². The predicted octanol–water partition coefficient (Wildman–Crippen LogP) is 0.773. The Labute approximate surface area is 128 Å². The van der Waals surface area contributed by atoms with E-state index < -0.39 is 21.8 Å². The Balaban J connectivity index is 0. The van der Waals surface area contributed by atoms with Crippen LogP contribution in [0.2, 0.25) is 0 Å². The van der Waals surface area contributed by atoms with Crippen molar-refractivity contribution in [2.45, 2.75) is 71.1 Å². The Hall–Kier alpha value is -0.660. The van der Waals surface area contributed by atoms with Crippen LogP contribution in [0.25, 0.3) is 0 Å². The van der Waals surface area contributed by atoms with Crippen LogP contribution in [-0.4, -0.2) is 31.2 Å². The number of hydrogen-bond donors (Lipinski definition) is 2. The molecule has 0 saturated heterocycles. The van der Waals surface area contributed by atoms with Crippen LogP contribution < -0.4 is 10.8 Å². The third kappa shape index (κ3) is 28.3. The highest BCUT2D eigenvalue weighted by atomic mass is 32.2. The van der Waals surface area contributed by atoms with Crippen molar-refractivity contribution in [3.05, 3.63) is 0 Å². The first-order valence-electron chi connectivity index (χ1n) is 7.77. The number of aliphatic carboxylic acids is 1. The molecule has 6 nitrogen and oxygen atoms in total. The molecule has 0 heterocycles. The molecule has 128 valence electrons. The summed E-state index contributed by atoms with van der Waals surface area (Å²) < 4.78 is 26.9. The quantitative estimate of drug-likeness (QED) is 0.405. The van der Waals surface area contributed by atoms with Crippen molar-refractivity contribution in [2.75, 3.05) is 12.3 Å². The van der Waals surface area contributed by atoms with Gasteiger partial charge >= 0.3 is 0 Å².